The molecule has 1 unspecified atom stereocenters. The monoisotopic (exact) mass is 288 g/mol. The third-order valence-electron chi connectivity index (χ3n) is 3.48. The van der Waals surface area contributed by atoms with E-state index in [1.54, 1.807) is 12.1 Å². The molecule has 0 spiro atoms. The molecule has 6 heteroatoms. The van der Waals surface area contributed by atoms with Gasteiger partial charge in [0.05, 0.1) is 0 Å². The molecule has 1 N–H and O–H groups in total. The minimum atomic E-state index is -4.63. The van der Waals surface area contributed by atoms with Crippen LogP contribution >= 0.6 is 0 Å². The van der Waals surface area contributed by atoms with Gasteiger partial charge in [-0.3, -0.25) is 4.90 Å². The highest BCUT2D eigenvalue weighted by atomic mass is 19.4. The lowest BCUT2D eigenvalue weighted by Crippen LogP contribution is -2.36. The molecule has 1 aromatic carbocycles. The summed E-state index contributed by atoms with van der Waals surface area (Å²) in [6, 6.07) is 6.62. The van der Waals surface area contributed by atoms with E-state index in [0.717, 1.165) is 31.6 Å². The summed E-state index contributed by atoms with van der Waals surface area (Å²) < 4.78 is 40.1. The van der Waals surface area contributed by atoms with Crippen LogP contribution in [0.15, 0.2) is 24.3 Å². The van der Waals surface area contributed by atoms with Crippen molar-refractivity contribution >= 4 is 0 Å². The third kappa shape index (κ3) is 4.38. The van der Waals surface area contributed by atoms with Crippen LogP contribution in [0.3, 0.4) is 0 Å². The van der Waals surface area contributed by atoms with E-state index in [-0.39, 0.29) is 5.75 Å². The molecule has 1 aliphatic rings. The van der Waals surface area contributed by atoms with Crippen LogP contribution < -0.4 is 10.1 Å². The molecule has 1 saturated heterocycles. The van der Waals surface area contributed by atoms with Gasteiger partial charge in [0, 0.05) is 19.1 Å². The van der Waals surface area contributed by atoms with Crippen LogP contribution in [0.2, 0.25) is 0 Å². The summed E-state index contributed by atoms with van der Waals surface area (Å²) >= 11 is 0. The van der Waals surface area contributed by atoms with Crippen molar-refractivity contribution in [3.05, 3.63) is 29.8 Å². The van der Waals surface area contributed by atoms with Gasteiger partial charge in [0.1, 0.15) is 5.75 Å². The van der Waals surface area contributed by atoms with Gasteiger partial charge < -0.3 is 10.1 Å². The lowest BCUT2D eigenvalue weighted by Gasteiger charge is -2.24. The largest absolute Gasteiger partial charge is 0.573 e. The zero-order valence-electron chi connectivity index (χ0n) is 11.4. The highest BCUT2D eigenvalue weighted by Gasteiger charge is 2.31. The van der Waals surface area contributed by atoms with Gasteiger partial charge in [-0.05, 0) is 44.1 Å². The Kier molecular flexibility index (Phi) is 4.88. The first kappa shape index (κ1) is 15.1. The van der Waals surface area contributed by atoms with Gasteiger partial charge in [0.15, 0.2) is 0 Å². The number of rotatable bonds is 5. The molecule has 1 atom stereocenters. The molecule has 112 valence electrons. The Labute approximate surface area is 116 Å². The van der Waals surface area contributed by atoms with Crippen molar-refractivity contribution in [3.8, 4) is 5.75 Å². The topological polar surface area (TPSA) is 24.5 Å². The van der Waals surface area contributed by atoms with E-state index in [4.69, 9.17) is 0 Å². The van der Waals surface area contributed by atoms with Crippen LogP contribution in [0.5, 0.6) is 5.75 Å². The van der Waals surface area contributed by atoms with Gasteiger partial charge in [0.25, 0.3) is 0 Å². The average Bonchev–Trinajstić information content (AvgIpc) is 2.78. The molecule has 1 fully saturated rings. The Morgan fingerprint density at radius 1 is 1.30 bits per heavy atom. The highest BCUT2D eigenvalue weighted by Crippen LogP contribution is 2.24. The van der Waals surface area contributed by atoms with E-state index in [2.05, 4.69) is 15.0 Å². The van der Waals surface area contributed by atoms with Crippen LogP contribution in [0.4, 0.5) is 13.2 Å². The number of nitrogens with zero attached hydrogens (tertiary/aromatic N) is 1. The molecule has 0 saturated carbocycles. The maximum atomic E-state index is 12.1. The fourth-order valence-electron chi connectivity index (χ4n) is 2.60. The smallest absolute Gasteiger partial charge is 0.406 e. The number of alkyl halides is 3. The summed E-state index contributed by atoms with van der Waals surface area (Å²) in [5.74, 6) is -0.172. The van der Waals surface area contributed by atoms with Gasteiger partial charge in [-0.15, -0.1) is 13.2 Å². The van der Waals surface area contributed by atoms with E-state index in [9.17, 15) is 13.2 Å². The lowest BCUT2D eigenvalue weighted by atomic mass is 10.1. The molecule has 0 aliphatic carbocycles. The van der Waals surface area contributed by atoms with E-state index in [1.165, 1.54) is 18.6 Å². The summed E-state index contributed by atoms with van der Waals surface area (Å²) in [4.78, 5) is 2.36. The van der Waals surface area contributed by atoms with Crippen LogP contribution in [-0.2, 0) is 6.54 Å². The second-order valence-electron chi connectivity index (χ2n) is 5.02. The van der Waals surface area contributed by atoms with Crippen molar-refractivity contribution in [1.29, 1.82) is 0 Å². The van der Waals surface area contributed by atoms with Crippen LogP contribution in [-0.4, -0.2) is 37.4 Å². The zero-order valence-corrected chi connectivity index (χ0v) is 11.4. The van der Waals surface area contributed by atoms with Crippen LogP contribution in [0.1, 0.15) is 18.4 Å². The number of hydrogen-bond donors (Lipinski definition) is 1. The van der Waals surface area contributed by atoms with E-state index in [1.807, 2.05) is 7.05 Å². The summed E-state index contributed by atoms with van der Waals surface area (Å²) in [7, 11) is 1.93. The summed E-state index contributed by atoms with van der Waals surface area (Å²) in [5, 5.41) is 3.17. The normalized spacial score (nSPS) is 20.3. The molecular formula is C14H19F3N2O. The molecular weight excluding hydrogens is 269 g/mol. The van der Waals surface area contributed by atoms with Gasteiger partial charge in [-0.2, -0.15) is 0 Å². The highest BCUT2D eigenvalue weighted by molar-refractivity contribution is 5.27. The van der Waals surface area contributed by atoms with Gasteiger partial charge >= 0.3 is 6.36 Å². The van der Waals surface area contributed by atoms with Crippen molar-refractivity contribution in [2.45, 2.75) is 31.8 Å². The first-order valence-electron chi connectivity index (χ1n) is 6.71. The Hall–Kier alpha value is -1.27. The maximum Gasteiger partial charge on any atom is 0.573 e. The van der Waals surface area contributed by atoms with Crippen molar-refractivity contribution in [1.82, 2.24) is 10.2 Å². The second kappa shape index (κ2) is 6.45. The van der Waals surface area contributed by atoms with Crippen molar-refractivity contribution in [3.63, 3.8) is 0 Å². The number of likely N-dealkylation sites (N-methyl/N-ethyl adjacent to an activating group) is 1. The molecule has 0 bridgehead atoms. The predicted octanol–water partition coefficient (Wildman–Crippen LogP) is 2.77. The minimum absolute atomic E-state index is 0.172. The van der Waals surface area contributed by atoms with Gasteiger partial charge in [0.2, 0.25) is 0 Å². The van der Waals surface area contributed by atoms with Gasteiger partial charge in [-0.1, -0.05) is 12.1 Å². The lowest BCUT2D eigenvalue weighted by molar-refractivity contribution is -0.274. The van der Waals surface area contributed by atoms with Crippen molar-refractivity contribution in [2.75, 3.05) is 20.1 Å². The van der Waals surface area contributed by atoms with E-state index < -0.39 is 6.36 Å². The van der Waals surface area contributed by atoms with E-state index >= 15 is 0 Å². The first-order valence-corrected chi connectivity index (χ1v) is 6.71. The predicted molar refractivity (Wildman–Crippen MR) is 70.5 cm³/mol. The summed E-state index contributed by atoms with van der Waals surface area (Å²) in [5.41, 5.74) is 1.00. The average molecular weight is 288 g/mol. The summed E-state index contributed by atoms with van der Waals surface area (Å²) in [6.07, 6.45) is -2.30. The SMILES string of the molecule is CNCC1CCCN1Cc1ccc(OC(F)(F)F)cc1. The fraction of sp³-hybridized carbons (Fsp3) is 0.571. The standard InChI is InChI=1S/C14H19F3N2O/c1-18-9-12-3-2-8-19(12)10-11-4-6-13(7-5-11)20-14(15,16)17/h4-7,12,18H,2-3,8-10H2,1H3. The number of halogens is 3. The minimum Gasteiger partial charge on any atom is -0.406 e. The number of hydrogen-bond acceptors (Lipinski definition) is 3. The number of benzene rings is 1. The zero-order chi connectivity index (χ0) is 14.6. The van der Waals surface area contributed by atoms with Crippen molar-refractivity contribution < 1.29 is 17.9 Å². The molecule has 1 aliphatic heterocycles. The molecule has 0 amide bonds. The van der Waals surface area contributed by atoms with E-state index in [0.29, 0.717) is 6.04 Å². The molecule has 2 rings (SSSR count). The molecule has 0 aromatic heterocycles. The first-order chi connectivity index (χ1) is 9.48. The van der Waals surface area contributed by atoms with Crippen LogP contribution in [0, 0.1) is 0 Å². The molecule has 3 nitrogen and oxygen atoms in total. The van der Waals surface area contributed by atoms with Crippen LogP contribution in [0.25, 0.3) is 0 Å². The molecule has 1 heterocycles. The van der Waals surface area contributed by atoms with Crippen molar-refractivity contribution in [2.24, 2.45) is 0 Å². The Morgan fingerprint density at radius 2 is 2.00 bits per heavy atom. The number of nitrogens with one attached hydrogen (secondary N) is 1. The fourth-order valence-corrected chi connectivity index (χ4v) is 2.60. The molecule has 1 aromatic rings. The molecule has 0 radical (unpaired) electrons. The number of likely N-dealkylation sites (tertiary alicyclic amines) is 1. The Morgan fingerprint density at radius 3 is 2.60 bits per heavy atom. The second-order valence-corrected chi connectivity index (χ2v) is 5.02. The number of ether oxygens (including phenoxy) is 1. The Balaban J connectivity index is 1.93. The molecule has 20 heavy (non-hydrogen) atoms. The third-order valence-corrected chi connectivity index (χ3v) is 3.48. The van der Waals surface area contributed by atoms with Gasteiger partial charge in [-0.25, -0.2) is 0 Å². The Bertz CT molecular complexity index is 419. The summed E-state index contributed by atoms with van der Waals surface area (Å²) in [6.45, 7) is 2.74. The maximum absolute atomic E-state index is 12.1. The quantitative estimate of drug-likeness (QED) is 0.901.